The summed E-state index contributed by atoms with van der Waals surface area (Å²) in [5.74, 6) is 0.126. The van der Waals surface area contributed by atoms with Crippen molar-refractivity contribution >= 4 is 37.7 Å². The van der Waals surface area contributed by atoms with Crippen LogP contribution in [-0.4, -0.2) is 44.5 Å². The van der Waals surface area contributed by atoms with Crippen LogP contribution in [0, 0.1) is 0 Å². The molecule has 1 aliphatic rings. The number of fused-ring (bicyclic) bond motifs is 1. The van der Waals surface area contributed by atoms with Gasteiger partial charge in [-0.2, -0.15) is 4.72 Å². The zero-order chi connectivity index (χ0) is 20.8. The summed E-state index contributed by atoms with van der Waals surface area (Å²) in [7, 11) is -0.457. The van der Waals surface area contributed by atoms with Gasteiger partial charge in [0, 0.05) is 43.6 Å². The molecule has 3 aromatic rings. The summed E-state index contributed by atoms with van der Waals surface area (Å²) in [4.78, 5) is 27.0. The average Bonchev–Trinajstić information content (AvgIpc) is 3.27. The van der Waals surface area contributed by atoms with E-state index in [-0.39, 0.29) is 23.9 Å². The second kappa shape index (κ2) is 7.35. The molecule has 0 spiro atoms. The van der Waals surface area contributed by atoms with Crippen molar-refractivity contribution in [2.75, 3.05) is 4.90 Å². The molecule has 0 saturated heterocycles. The molecule has 0 bridgehead atoms. The number of carbonyl (C=O) groups is 1. The number of rotatable bonds is 5. The molecule has 152 valence electrons. The number of halogens is 1. The van der Waals surface area contributed by atoms with Gasteiger partial charge in [0.1, 0.15) is 11.9 Å². The van der Waals surface area contributed by atoms with E-state index in [0.29, 0.717) is 5.82 Å². The monoisotopic (exact) mass is 479 g/mol. The van der Waals surface area contributed by atoms with Crippen molar-refractivity contribution in [2.24, 2.45) is 14.1 Å². The Kier molecular flexibility index (Phi) is 5.00. The molecule has 1 atom stereocenters. The van der Waals surface area contributed by atoms with Crippen molar-refractivity contribution in [3.8, 4) is 0 Å². The quantitative estimate of drug-likeness (QED) is 0.577. The number of hydrogen-bond acceptors (Lipinski definition) is 6. The largest absolute Gasteiger partial charge is 0.339 e. The normalized spacial score (nSPS) is 16.9. The smallest absolute Gasteiger partial charge is 0.260 e. The molecule has 0 saturated carbocycles. The van der Waals surface area contributed by atoms with Gasteiger partial charge in [0.05, 0.1) is 24.9 Å². The average molecular weight is 480 g/mol. The van der Waals surface area contributed by atoms with Crippen molar-refractivity contribution in [3.63, 3.8) is 0 Å². The van der Waals surface area contributed by atoms with Gasteiger partial charge in [0.2, 0.25) is 5.91 Å². The van der Waals surface area contributed by atoms with Gasteiger partial charge in [-0.05, 0) is 27.6 Å². The summed E-state index contributed by atoms with van der Waals surface area (Å²) in [6.45, 7) is 0.221. The van der Waals surface area contributed by atoms with Gasteiger partial charge in [0.25, 0.3) is 10.0 Å². The number of nitrogens with zero attached hydrogens (tertiary/aromatic N) is 6. The van der Waals surface area contributed by atoms with E-state index in [4.69, 9.17) is 0 Å². The van der Waals surface area contributed by atoms with Crippen LogP contribution in [0.25, 0.3) is 0 Å². The van der Waals surface area contributed by atoms with Crippen LogP contribution in [0.5, 0.6) is 0 Å². The fraction of sp³-hybridized carbons (Fsp3) is 0.294. The predicted octanol–water partition coefficient (Wildman–Crippen LogP) is 0.747. The number of carbonyl (C=O) groups excluding carboxylic acids is 1. The Morgan fingerprint density at radius 2 is 2.03 bits per heavy atom. The van der Waals surface area contributed by atoms with Crippen molar-refractivity contribution < 1.29 is 13.2 Å². The summed E-state index contributed by atoms with van der Waals surface area (Å²) in [5.41, 5.74) is 1.55. The lowest BCUT2D eigenvalue weighted by molar-refractivity contribution is -0.120. The number of aryl methyl sites for hydroxylation is 2. The number of hydrogen-bond donors (Lipinski definition) is 1. The van der Waals surface area contributed by atoms with Crippen LogP contribution in [0.2, 0.25) is 0 Å². The minimum atomic E-state index is -3.96. The zero-order valence-corrected chi connectivity index (χ0v) is 18.1. The summed E-state index contributed by atoms with van der Waals surface area (Å²) in [6, 6.07) is 0.867. The van der Waals surface area contributed by atoms with Crippen LogP contribution < -0.4 is 9.62 Å². The van der Waals surface area contributed by atoms with Crippen LogP contribution in [0.15, 0.2) is 46.8 Å². The molecule has 1 N–H and O–H groups in total. The Morgan fingerprint density at radius 1 is 1.24 bits per heavy atom. The molecule has 0 radical (unpaired) electrons. The predicted molar refractivity (Wildman–Crippen MR) is 107 cm³/mol. The number of nitrogens with one attached hydrogen (secondary N) is 1. The van der Waals surface area contributed by atoms with Crippen LogP contribution in [0.1, 0.15) is 11.3 Å². The van der Waals surface area contributed by atoms with Gasteiger partial charge in [0.15, 0.2) is 5.03 Å². The molecule has 4 rings (SSSR count). The van der Waals surface area contributed by atoms with E-state index in [0.717, 1.165) is 15.7 Å². The highest BCUT2D eigenvalue weighted by Gasteiger charge is 2.37. The molecule has 0 aromatic carbocycles. The van der Waals surface area contributed by atoms with Crippen LogP contribution in [-0.2, 0) is 41.9 Å². The Bertz CT molecular complexity index is 1190. The van der Waals surface area contributed by atoms with E-state index in [1.54, 1.807) is 30.3 Å². The van der Waals surface area contributed by atoms with Crippen LogP contribution in [0.4, 0.5) is 5.82 Å². The highest BCUT2D eigenvalue weighted by molar-refractivity contribution is 9.10. The van der Waals surface area contributed by atoms with Crippen LogP contribution >= 0.6 is 15.9 Å². The van der Waals surface area contributed by atoms with Gasteiger partial charge in [-0.3, -0.25) is 9.69 Å². The Labute approximate surface area is 175 Å². The van der Waals surface area contributed by atoms with Crippen molar-refractivity contribution in [1.29, 1.82) is 0 Å². The standard InChI is InChI=1S/C17H18BrN7O3S/c1-23-8-15(21-10-23)29(27,28)22-14-4-11-3-12(18)5-20-16(11)25(17(14)26)7-13-6-19-9-24(13)2/h3,5-6,8-10,14,22H,4,7H2,1-2H3. The van der Waals surface area contributed by atoms with Gasteiger partial charge in [-0.15, -0.1) is 0 Å². The Morgan fingerprint density at radius 3 is 2.69 bits per heavy atom. The topological polar surface area (TPSA) is 115 Å². The fourth-order valence-electron chi connectivity index (χ4n) is 3.19. The molecule has 1 amide bonds. The molecule has 29 heavy (non-hydrogen) atoms. The number of pyridine rings is 1. The minimum Gasteiger partial charge on any atom is -0.339 e. The van der Waals surface area contributed by atoms with Crippen LogP contribution in [0.3, 0.4) is 0 Å². The molecular weight excluding hydrogens is 462 g/mol. The van der Waals surface area contributed by atoms with Gasteiger partial charge < -0.3 is 9.13 Å². The van der Waals surface area contributed by atoms with Gasteiger partial charge >= 0.3 is 0 Å². The second-order valence-corrected chi connectivity index (χ2v) is 9.39. The van der Waals surface area contributed by atoms with E-state index in [1.165, 1.54) is 22.0 Å². The maximum absolute atomic E-state index is 13.2. The number of aromatic nitrogens is 5. The summed E-state index contributed by atoms with van der Waals surface area (Å²) < 4.78 is 32.0. The van der Waals surface area contributed by atoms with Crippen molar-refractivity contribution in [3.05, 3.63) is 53.0 Å². The van der Waals surface area contributed by atoms with E-state index in [1.807, 2.05) is 13.1 Å². The summed E-state index contributed by atoms with van der Waals surface area (Å²) in [5, 5.41) is -0.135. The fourth-order valence-corrected chi connectivity index (χ4v) is 4.74. The first-order chi connectivity index (χ1) is 13.7. The van der Waals surface area contributed by atoms with Gasteiger partial charge in [-0.1, -0.05) is 0 Å². The third-order valence-corrected chi connectivity index (χ3v) is 6.43. The first kappa shape index (κ1) is 19.7. The Hall–Kier alpha value is -2.57. The maximum Gasteiger partial charge on any atom is 0.260 e. The molecule has 10 nitrogen and oxygen atoms in total. The molecule has 4 heterocycles. The lowest BCUT2D eigenvalue weighted by Crippen LogP contribution is -2.53. The second-order valence-electron chi connectivity index (χ2n) is 6.81. The summed E-state index contributed by atoms with van der Waals surface area (Å²) >= 11 is 3.39. The van der Waals surface area contributed by atoms with Crippen molar-refractivity contribution in [1.82, 2.24) is 28.8 Å². The molecule has 0 fully saturated rings. The molecule has 12 heteroatoms. The SMILES string of the molecule is Cn1cnc(S(=O)(=O)NC2Cc3cc(Br)cnc3N(Cc3cncn3C)C2=O)c1. The number of anilines is 1. The summed E-state index contributed by atoms with van der Waals surface area (Å²) in [6.07, 6.45) is 7.88. The zero-order valence-electron chi connectivity index (χ0n) is 15.6. The number of sulfonamides is 1. The third kappa shape index (κ3) is 3.82. The highest BCUT2D eigenvalue weighted by atomic mass is 79.9. The lowest BCUT2D eigenvalue weighted by atomic mass is 10.0. The minimum absolute atomic E-state index is 0.135. The first-order valence-corrected chi connectivity index (χ1v) is 10.9. The lowest BCUT2D eigenvalue weighted by Gasteiger charge is -2.33. The van der Waals surface area contributed by atoms with E-state index >= 15 is 0 Å². The molecule has 0 aliphatic carbocycles. The Balaban J connectivity index is 1.69. The number of imidazole rings is 2. The first-order valence-electron chi connectivity index (χ1n) is 8.66. The third-order valence-electron chi connectivity index (χ3n) is 4.64. The van der Waals surface area contributed by atoms with E-state index in [2.05, 4.69) is 35.6 Å². The molecule has 1 unspecified atom stereocenters. The van der Waals surface area contributed by atoms with E-state index < -0.39 is 16.1 Å². The molecule has 3 aromatic heterocycles. The van der Waals surface area contributed by atoms with E-state index in [9.17, 15) is 13.2 Å². The van der Waals surface area contributed by atoms with Gasteiger partial charge in [-0.25, -0.2) is 23.4 Å². The molecule has 1 aliphatic heterocycles. The number of amides is 1. The highest BCUT2D eigenvalue weighted by Crippen LogP contribution is 2.30. The van der Waals surface area contributed by atoms with Crippen molar-refractivity contribution in [2.45, 2.75) is 24.0 Å². The maximum atomic E-state index is 13.2. The molecular formula is C17H18BrN7O3S.